The molecular weight excluding hydrogens is 567 g/mol. The van der Waals surface area contributed by atoms with E-state index in [0.717, 1.165) is 12.8 Å². The molecular formula is C46H35N. The van der Waals surface area contributed by atoms with Crippen molar-refractivity contribution in [2.45, 2.75) is 26.7 Å². The van der Waals surface area contributed by atoms with Crippen LogP contribution < -0.4 is 10.4 Å². The van der Waals surface area contributed by atoms with Crippen LogP contribution >= 0.6 is 0 Å². The Morgan fingerprint density at radius 2 is 1.38 bits per heavy atom. The Hall–Kier alpha value is -5.40. The lowest BCUT2D eigenvalue weighted by molar-refractivity contribution is 0.548. The number of hydrogen-bond donors (Lipinski definition) is 0. The lowest BCUT2D eigenvalue weighted by Crippen LogP contribution is -2.42. The molecule has 1 nitrogen and oxygen atoms in total. The molecule has 0 bridgehead atoms. The van der Waals surface area contributed by atoms with Gasteiger partial charge in [-0.2, -0.15) is 0 Å². The van der Waals surface area contributed by atoms with Crippen molar-refractivity contribution in [2.24, 2.45) is 11.3 Å². The maximum atomic E-state index is 2.51. The quantitative estimate of drug-likeness (QED) is 0.190. The van der Waals surface area contributed by atoms with Crippen molar-refractivity contribution in [2.75, 3.05) is 0 Å². The van der Waals surface area contributed by atoms with E-state index in [1.165, 1.54) is 87.5 Å². The van der Waals surface area contributed by atoms with Gasteiger partial charge in [0.05, 0.1) is 16.6 Å². The third-order valence-corrected chi connectivity index (χ3v) is 11.1. The summed E-state index contributed by atoms with van der Waals surface area (Å²) in [5, 5.41) is 8.00. The van der Waals surface area contributed by atoms with Crippen LogP contribution in [0.25, 0.3) is 54.8 Å². The molecule has 2 unspecified atom stereocenters. The van der Waals surface area contributed by atoms with Gasteiger partial charge in [0.2, 0.25) is 0 Å². The van der Waals surface area contributed by atoms with Crippen molar-refractivity contribution in [3.63, 3.8) is 0 Å². The normalized spacial score (nSPS) is 20.7. The van der Waals surface area contributed by atoms with Gasteiger partial charge in [-0.1, -0.05) is 147 Å². The van der Waals surface area contributed by atoms with E-state index in [2.05, 4.69) is 164 Å². The molecule has 3 aliphatic rings. The summed E-state index contributed by atoms with van der Waals surface area (Å²) in [6.45, 7) is 4.78. The maximum absolute atomic E-state index is 2.51. The second-order valence-electron chi connectivity index (χ2n) is 13.9. The number of fused-ring (bicyclic) bond motifs is 8. The molecule has 2 aromatic heterocycles. The van der Waals surface area contributed by atoms with E-state index in [4.69, 9.17) is 0 Å². The summed E-state index contributed by atoms with van der Waals surface area (Å²) in [5.41, 5.74) is 13.2. The summed E-state index contributed by atoms with van der Waals surface area (Å²) < 4.78 is 2.51. The van der Waals surface area contributed by atoms with Gasteiger partial charge in [-0.05, 0) is 80.3 Å². The fourth-order valence-electron chi connectivity index (χ4n) is 9.02. The van der Waals surface area contributed by atoms with Crippen molar-refractivity contribution in [3.05, 3.63) is 178 Å². The Morgan fingerprint density at radius 1 is 0.681 bits per heavy atom. The lowest BCUT2D eigenvalue weighted by atomic mass is 9.62. The summed E-state index contributed by atoms with van der Waals surface area (Å²) in [6.07, 6.45) is 16.2. The molecule has 224 valence electrons. The first kappa shape index (κ1) is 26.8. The van der Waals surface area contributed by atoms with Crippen molar-refractivity contribution in [1.82, 2.24) is 4.40 Å². The van der Waals surface area contributed by atoms with Crippen LogP contribution in [0.1, 0.15) is 43.4 Å². The van der Waals surface area contributed by atoms with Gasteiger partial charge in [0, 0.05) is 27.0 Å². The van der Waals surface area contributed by atoms with Gasteiger partial charge in [-0.25, -0.2) is 0 Å². The third-order valence-electron chi connectivity index (χ3n) is 11.1. The summed E-state index contributed by atoms with van der Waals surface area (Å²) in [6, 6.07) is 41.0. The SMILES string of the molecule is CC1C=CC(c2ccccc2C2=c3ccccc3=C(c3cccc4c3c3cccc5c6ccccc6n4c53)C3(C)CC=CC=C23)=CC1. The molecule has 5 aromatic carbocycles. The molecule has 0 saturated heterocycles. The van der Waals surface area contributed by atoms with Gasteiger partial charge in [0.25, 0.3) is 0 Å². The molecule has 0 radical (unpaired) electrons. The molecule has 0 saturated carbocycles. The zero-order valence-corrected chi connectivity index (χ0v) is 26.8. The summed E-state index contributed by atoms with van der Waals surface area (Å²) in [7, 11) is 0. The van der Waals surface area contributed by atoms with E-state index < -0.39 is 0 Å². The summed E-state index contributed by atoms with van der Waals surface area (Å²) in [5.74, 6) is 0.583. The van der Waals surface area contributed by atoms with Gasteiger partial charge in [-0.3, -0.25) is 0 Å². The van der Waals surface area contributed by atoms with Crippen molar-refractivity contribution >= 4 is 54.8 Å². The summed E-state index contributed by atoms with van der Waals surface area (Å²) in [4.78, 5) is 0. The zero-order chi connectivity index (χ0) is 31.3. The van der Waals surface area contributed by atoms with E-state index in [1.807, 2.05) is 0 Å². The van der Waals surface area contributed by atoms with Crippen LogP contribution in [0.2, 0.25) is 0 Å². The Morgan fingerprint density at radius 3 is 2.26 bits per heavy atom. The second-order valence-corrected chi connectivity index (χ2v) is 13.9. The number of allylic oxidation sites excluding steroid dienone is 8. The van der Waals surface area contributed by atoms with E-state index in [9.17, 15) is 0 Å². The predicted octanol–water partition coefficient (Wildman–Crippen LogP) is 10.1. The lowest BCUT2D eigenvalue weighted by Gasteiger charge is -2.41. The topological polar surface area (TPSA) is 4.41 Å². The molecule has 0 fully saturated rings. The highest BCUT2D eigenvalue weighted by Crippen LogP contribution is 2.53. The minimum atomic E-state index is -0.209. The average molecular weight is 602 g/mol. The predicted molar refractivity (Wildman–Crippen MR) is 199 cm³/mol. The van der Waals surface area contributed by atoms with Gasteiger partial charge < -0.3 is 4.40 Å². The first-order valence-electron chi connectivity index (χ1n) is 17.0. The number of aromatic nitrogens is 1. The van der Waals surface area contributed by atoms with Crippen LogP contribution in [0.4, 0.5) is 0 Å². The molecule has 47 heavy (non-hydrogen) atoms. The van der Waals surface area contributed by atoms with Gasteiger partial charge >= 0.3 is 0 Å². The Balaban J connectivity index is 1.36. The van der Waals surface area contributed by atoms with Crippen LogP contribution in [0.3, 0.4) is 0 Å². The van der Waals surface area contributed by atoms with E-state index in [0.29, 0.717) is 5.92 Å². The van der Waals surface area contributed by atoms with Crippen molar-refractivity contribution < 1.29 is 0 Å². The van der Waals surface area contributed by atoms with Crippen LogP contribution in [0.5, 0.6) is 0 Å². The first-order valence-corrected chi connectivity index (χ1v) is 17.0. The van der Waals surface area contributed by atoms with Crippen molar-refractivity contribution in [1.29, 1.82) is 0 Å². The molecule has 2 atom stereocenters. The van der Waals surface area contributed by atoms with Gasteiger partial charge in [0.1, 0.15) is 0 Å². The molecule has 1 heteroatoms. The molecule has 0 N–H and O–H groups in total. The standard InChI is InChI=1S/C46H35N/c1-29-24-26-30(27-25-29)31-13-3-4-15-33(31)42-34-16-5-6-17-35(34)44(46(2)28-10-9-21-39(42)46)37-19-12-23-41-43(37)38-20-11-18-36-32-14-7-8-22-40(32)47(41)45(36)38/h3-24,26-27,29H,25,28H2,1-2H3. The van der Waals surface area contributed by atoms with E-state index >= 15 is 0 Å². The Kier molecular flexibility index (Phi) is 5.58. The molecule has 0 spiro atoms. The Labute approximate surface area is 274 Å². The third kappa shape index (κ3) is 3.60. The monoisotopic (exact) mass is 601 g/mol. The first-order chi connectivity index (χ1) is 23.1. The second kappa shape index (κ2) is 9.80. The maximum Gasteiger partial charge on any atom is 0.0620 e. The molecule has 0 aliphatic heterocycles. The average Bonchev–Trinajstić information content (AvgIpc) is 3.64. The number of hydrogen-bond acceptors (Lipinski definition) is 0. The fraction of sp³-hybridized carbons (Fsp3) is 0.130. The Bertz CT molecular complexity index is 2710. The largest absolute Gasteiger partial charge is 0.308 e. The van der Waals surface area contributed by atoms with Crippen molar-refractivity contribution in [3.8, 4) is 0 Å². The molecule has 10 rings (SSSR count). The number of rotatable bonds is 3. The molecule has 0 amide bonds. The van der Waals surface area contributed by atoms with Crippen LogP contribution in [0, 0.1) is 11.3 Å². The van der Waals surface area contributed by atoms with Crippen LogP contribution in [-0.4, -0.2) is 4.40 Å². The highest BCUT2D eigenvalue weighted by Gasteiger charge is 2.41. The van der Waals surface area contributed by atoms with Crippen LogP contribution in [0.15, 0.2) is 151 Å². The van der Waals surface area contributed by atoms with Crippen LogP contribution in [-0.2, 0) is 0 Å². The molecule has 7 aromatic rings. The highest BCUT2D eigenvalue weighted by molar-refractivity contribution is 6.25. The highest BCUT2D eigenvalue weighted by atomic mass is 14.9. The minimum Gasteiger partial charge on any atom is -0.308 e. The number of benzene rings is 5. The van der Waals surface area contributed by atoms with E-state index in [-0.39, 0.29) is 5.41 Å². The smallest absolute Gasteiger partial charge is 0.0620 e. The minimum absolute atomic E-state index is 0.209. The van der Waals surface area contributed by atoms with E-state index in [1.54, 1.807) is 0 Å². The zero-order valence-electron chi connectivity index (χ0n) is 26.8. The molecule has 3 aliphatic carbocycles. The van der Waals surface area contributed by atoms with Gasteiger partial charge in [-0.15, -0.1) is 0 Å². The summed E-state index contributed by atoms with van der Waals surface area (Å²) >= 11 is 0. The van der Waals surface area contributed by atoms with Gasteiger partial charge in [0.15, 0.2) is 0 Å². The number of para-hydroxylation sites is 2. The fourth-order valence-corrected chi connectivity index (χ4v) is 9.02. The molecule has 2 heterocycles. The number of nitrogens with zero attached hydrogens (tertiary/aromatic N) is 1.